The zero-order chi connectivity index (χ0) is 14.7. The highest BCUT2D eigenvalue weighted by Crippen LogP contribution is 2.47. The Kier molecular flexibility index (Phi) is 5.02. The summed E-state index contributed by atoms with van der Waals surface area (Å²) in [6.07, 6.45) is 6.55. The van der Waals surface area contributed by atoms with Gasteiger partial charge in [0.2, 0.25) is 0 Å². The molecule has 3 rings (SSSR count). The SMILES string of the molecule is CCCN(Cc1ccc(C2CC2C)o1)CC1CCCCN1. The van der Waals surface area contributed by atoms with Crippen molar-refractivity contribution in [2.45, 2.75) is 64.5 Å². The van der Waals surface area contributed by atoms with Gasteiger partial charge in [-0.1, -0.05) is 20.3 Å². The molecule has 3 unspecified atom stereocenters. The minimum absolute atomic E-state index is 0.670. The van der Waals surface area contributed by atoms with Crippen LogP contribution in [0.4, 0.5) is 0 Å². The molecule has 1 aromatic rings. The fourth-order valence-electron chi connectivity index (χ4n) is 3.56. The monoisotopic (exact) mass is 290 g/mol. The van der Waals surface area contributed by atoms with Gasteiger partial charge in [0.05, 0.1) is 6.54 Å². The molecular formula is C18H30N2O. The van der Waals surface area contributed by atoms with Crippen LogP contribution in [0.2, 0.25) is 0 Å². The normalized spacial score (nSPS) is 29.0. The van der Waals surface area contributed by atoms with Crippen molar-refractivity contribution in [2.75, 3.05) is 19.6 Å². The van der Waals surface area contributed by atoms with Gasteiger partial charge in [0.15, 0.2) is 0 Å². The summed E-state index contributed by atoms with van der Waals surface area (Å²) in [5.74, 6) is 3.87. The second-order valence-electron chi connectivity index (χ2n) is 7.01. The minimum atomic E-state index is 0.670. The molecule has 2 heterocycles. The molecule has 3 atom stereocenters. The molecule has 1 aliphatic carbocycles. The number of hydrogen-bond donors (Lipinski definition) is 1. The molecule has 0 amide bonds. The summed E-state index contributed by atoms with van der Waals surface area (Å²) in [6.45, 7) is 9.05. The van der Waals surface area contributed by atoms with E-state index in [2.05, 4.69) is 36.2 Å². The van der Waals surface area contributed by atoms with Crippen molar-refractivity contribution in [3.63, 3.8) is 0 Å². The molecule has 118 valence electrons. The van der Waals surface area contributed by atoms with E-state index in [1.165, 1.54) is 44.4 Å². The van der Waals surface area contributed by atoms with Crippen molar-refractivity contribution in [1.82, 2.24) is 10.2 Å². The molecule has 3 heteroatoms. The maximum atomic E-state index is 6.08. The van der Waals surface area contributed by atoms with E-state index in [9.17, 15) is 0 Å². The Morgan fingerprint density at radius 3 is 2.86 bits per heavy atom. The van der Waals surface area contributed by atoms with E-state index in [0.29, 0.717) is 12.0 Å². The number of nitrogens with zero attached hydrogens (tertiary/aromatic N) is 1. The maximum absolute atomic E-state index is 6.08. The maximum Gasteiger partial charge on any atom is 0.118 e. The summed E-state index contributed by atoms with van der Waals surface area (Å²) in [6, 6.07) is 5.06. The zero-order valence-electron chi connectivity index (χ0n) is 13.6. The highest BCUT2D eigenvalue weighted by molar-refractivity contribution is 5.17. The molecule has 2 aliphatic rings. The van der Waals surface area contributed by atoms with Crippen LogP contribution < -0.4 is 5.32 Å². The number of rotatable bonds is 7. The number of hydrogen-bond acceptors (Lipinski definition) is 3. The average molecular weight is 290 g/mol. The Morgan fingerprint density at radius 1 is 1.33 bits per heavy atom. The van der Waals surface area contributed by atoms with Gasteiger partial charge in [-0.2, -0.15) is 0 Å². The number of furan rings is 1. The van der Waals surface area contributed by atoms with Gasteiger partial charge in [0, 0.05) is 18.5 Å². The van der Waals surface area contributed by atoms with Crippen molar-refractivity contribution >= 4 is 0 Å². The summed E-state index contributed by atoms with van der Waals surface area (Å²) >= 11 is 0. The Hall–Kier alpha value is -0.800. The van der Waals surface area contributed by atoms with Crippen LogP contribution in [-0.2, 0) is 6.54 Å². The molecule has 0 spiro atoms. The first-order valence-corrected chi connectivity index (χ1v) is 8.80. The summed E-state index contributed by atoms with van der Waals surface area (Å²) < 4.78 is 6.08. The van der Waals surface area contributed by atoms with E-state index >= 15 is 0 Å². The molecule has 1 saturated heterocycles. The van der Waals surface area contributed by atoms with Crippen LogP contribution in [-0.4, -0.2) is 30.6 Å². The van der Waals surface area contributed by atoms with E-state index < -0.39 is 0 Å². The molecule has 21 heavy (non-hydrogen) atoms. The first-order chi connectivity index (χ1) is 10.3. The van der Waals surface area contributed by atoms with E-state index in [4.69, 9.17) is 4.42 Å². The van der Waals surface area contributed by atoms with Crippen LogP contribution in [0.3, 0.4) is 0 Å². The molecule has 3 nitrogen and oxygen atoms in total. The van der Waals surface area contributed by atoms with Gasteiger partial charge < -0.3 is 9.73 Å². The number of nitrogens with one attached hydrogen (secondary N) is 1. The predicted molar refractivity (Wildman–Crippen MR) is 86.4 cm³/mol. The lowest BCUT2D eigenvalue weighted by atomic mass is 10.0. The average Bonchev–Trinajstić information content (AvgIpc) is 3.03. The van der Waals surface area contributed by atoms with E-state index in [-0.39, 0.29) is 0 Å². The van der Waals surface area contributed by atoms with Crippen molar-refractivity contribution in [3.05, 3.63) is 23.7 Å². The first-order valence-electron chi connectivity index (χ1n) is 8.80. The Labute approximate surface area is 129 Å². The third-order valence-corrected chi connectivity index (χ3v) is 4.97. The van der Waals surface area contributed by atoms with Crippen LogP contribution in [0.5, 0.6) is 0 Å². The standard InChI is InChI=1S/C18H30N2O/c1-3-10-20(12-15-6-4-5-9-19-15)13-16-7-8-18(21-16)17-11-14(17)2/h7-8,14-15,17,19H,3-6,9-13H2,1-2H3. The quantitative estimate of drug-likeness (QED) is 0.829. The summed E-state index contributed by atoms with van der Waals surface area (Å²) in [7, 11) is 0. The Balaban J connectivity index is 1.54. The molecule has 1 aromatic heterocycles. The van der Waals surface area contributed by atoms with Crippen LogP contribution in [0.25, 0.3) is 0 Å². The topological polar surface area (TPSA) is 28.4 Å². The fourth-order valence-corrected chi connectivity index (χ4v) is 3.56. The van der Waals surface area contributed by atoms with Crippen LogP contribution >= 0.6 is 0 Å². The smallest absolute Gasteiger partial charge is 0.118 e. The first kappa shape index (κ1) is 15.1. The summed E-state index contributed by atoms with van der Waals surface area (Å²) in [5.41, 5.74) is 0. The largest absolute Gasteiger partial charge is 0.464 e. The number of piperidine rings is 1. The van der Waals surface area contributed by atoms with Crippen molar-refractivity contribution < 1.29 is 4.42 Å². The molecule has 1 aliphatic heterocycles. The van der Waals surface area contributed by atoms with E-state index in [1.54, 1.807) is 0 Å². The molecular weight excluding hydrogens is 260 g/mol. The minimum Gasteiger partial charge on any atom is -0.464 e. The Bertz CT molecular complexity index is 436. The van der Waals surface area contributed by atoms with Crippen LogP contribution in [0.1, 0.15) is 63.4 Å². The zero-order valence-corrected chi connectivity index (χ0v) is 13.6. The van der Waals surface area contributed by atoms with Gasteiger partial charge in [0.1, 0.15) is 11.5 Å². The lowest BCUT2D eigenvalue weighted by molar-refractivity contribution is 0.202. The molecule has 0 aromatic carbocycles. The molecule has 2 fully saturated rings. The van der Waals surface area contributed by atoms with E-state index in [0.717, 1.165) is 31.3 Å². The summed E-state index contributed by atoms with van der Waals surface area (Å²) in [4.78, 5) is 2.56. The molecule has 0 bridgehead atoms. The summed E-state index contributed by atoms with van der Waals surface area (Å²) in [5, 5.41) is 3.66. The lowest BCUT2D eigenvalue weighted by Gasteiger charge is -2.30. The van der Waals surface area contributed by atoms with Gasteiger partial charge in [-0.05, 0) is 56.8 Å². The Morgan fingerprint density at radius 2 is 2.19 bits per heavy atom. The molecule has 0 radical (unpaired) electrons. The van der Waals surface area contributed by atoms with Crippen molar-refractivity contribution in [1.29, 1.82) is 0 Å². The fraction of sp³-hybridized carbons (Fsp3) is 0.778. The second kappa shape index (κ2) is 6.97. The van der Waals surface area contributed by atoms with Gasteiger partial charge in [-0.3, -0.25) is 4.90 Å². The lowest BCUT2D eigenvalue weighted by Crippen LogP contribution is -2.43. The van der Waals surface area contributed by atoms with Gasteiger partial charge in [0.25, 0.3) is 0 Å². The highest BCUT2D eigenvalue weighted by Gasteiger charge is 2.36. The second-order valence-corrected chi connectivity index (χ2v) is 7.01. The van der Waals surface area contributed by atoms with E-state index in [1.807, 2.05) is 0 Å². The molecule has 1 saturated carbocycles. The van der Waals surface area contributed by atoms with Crippen molar-refractivity contribution in [2.24, 2.45) is 5.92 Å². The van der Waals surface area contributed by atoms with Gasteiger partial charge in [-0.25, -0.2) is 0 Å². The van der Waals surface area contributed by atoms with Crippen molar-refractivity contribution in [3.8, 4) is 0 Å². The third kappa shape index (κ3) is 4.10. The van der Waals surface area contributed by atoms with Gasteiger partial charge >= 0.3 is 0 Å². The van der Waals surface area contributed by atoms with Crippen LogP contribution in [0, 0.1) is 5.92 Å². The third-order valence-electron chi connectivity index (χ3n) is 4.97. The van der Waals surface area contributed by atoms with Gasteiger partial charge in [-0.15, -0.1) is 0 Å². The molecule has 1 N–H and O–H groups in total. The predicted octanol–water partition coefficient (Wildman–Crippen LogP) is 3.76. The highest BCUT2D eigenvalue weighted by atomic mass is 16.3. The van der Waals surface area contributed by atoms with Crippen LogP contribution in [0.15, 0.2) is 16.5 Å².